The van der Waals surface area contributed by atoms with Crippen molar-refractivity contribution < 1.29 is 0 Å². The van der Waals surface area contributed by atoms with Crippen LogP contribution in [0.15, 0.2) is 42.5 Å². The molecular formula is C15H18Se. The molecule has 0 saturated carbocycles. The molecule has 0 bridgehead atoms. The Labute approximate surface area is 104 Å². The normalized spacial score (nSPS) is 10.8. The summed E-state index contributed by atoms with van der Waals surface area (Å²) in [5.74, 6) is 0. The standard InChI is InChI=1S/C15H18Se/c1-2-3-6-11-16-15-10-9-13-7-4-5-8-14(13)12-15/h4-5,7-10,12H,2-3,6,11H2,1H3. The second-order valence-corrected chi connectivity index (χ2v) is 6.52. The van der Waals surface area contributed by atoms with Gasteiger partial charge in [-0.05, 0) is 0 Å². The Bertz CT molecular complexity index is 448. The van der Waals surface area contributed by atoms with E-state index in [0.717, 1.165) is 0 Å². The summed E-state index contributed by atoms with van der Waals surface area (Å²) in [4.78, 5) is 0. The molecule has 1 heteroatoms. The molecule has 2 aromatic carbocycles. The van der Waals surface area contributed by atoms with E-state index in [2.05, 4.69) is 49.4 Å². The van der Waals surface area contributed by atoms with Crippen molar-refractivity contribution >= 4 is 30.2 Å². The van der Waals surface area contributed by atoms with Gasteiger partial charge in [-0.2, -0.15) is 0 Å². The number of unbranched alkanes of at least 4 members (excludes halogenated alkanes) is 2. The van der Waals surface area contributed by atoms with Gasteiger partial charge in [0.25, 0.3) is 0 Å². The van der Waals surface area contributed by atoms with Gasteiger partial charge < -0.3 is 0 Å². The SMILES string of the molecule is CCCCC[Se]c1ccc2ccccc2c1. The zero-order valence-electron chi connectivity index (χ0n) is 9.78. The van der Waals surface area contributed by atoms with Crippen LogP contribution in [0.1, 0.15) is 26.2 Å². The zero-order valence-corrected chi connectivity index (χ0v) is 11.5. The van der Waals surface area contributed by atoms with Crippen LogP contribution in [0, 0.1) is 0 Å². The molecule has 2 rings (SSSR count). The van der Waals surface area contributed by atoms with Gasteiger partial charge >= 0.3 is 104 Å². The van der Waals surface area contributed by atoms with Crippen LogP contribution in [-0.2, 0) is 0 Å². The molecule has 0 radical (unpaired) electrons. The first-order chi connectivity index (χ1) is 7.90. The number of benzene rings is 2. The summed E-state index contributed by atoms with van der Waals surface area (Å²) in [6.07, 6.45) is 4.10. The summed E-state index contributed by atoms with van der Waals surface area (Å²) in [6, 6.07) is 15.5. The van der Waals surface area contributed by atoms with Gasteiger partial charge in [0, 0.05) is 0 Å². The van der Waals surface area contributed by atoms with Crippen LogP contribution in [0.25, 0.3) is 10.8 Å². The Morgan fingerprint density at radius 2 is 1.75 bits per heavy atom. The molecule has 0 fully saturated rings. The van der Waals surface area contributed by atoms with Gasteiger partial charge in [0.2, 0.25) is 0 Å². The van der Waals surface area contributed by atoms with Gasteiger partial charge in [-0.25, -0.2) is 0 Å². The van der Waals surface area contributed by atoms with E-state index < -0.39 is 0 Å². The molecular weight excluding hydrogens is 259 g/mol. The van der Waals surface area contributed by atoms with E-state index >= 15 is 0 Å². The average Bonchev–Trinajstić information content (AvgIpc) is 2.34. The summed E-state index contributed by atoms with van der Waals surface area (Å²) in [7, 11) is 0. The van der Waals surface area contributed by atoms with Gasteiger partial charge in [0.15, 0.2) is 0 Å². The first-order valence-corrected chi connectivity index (χ1v) is 8.08. The van der Waals surface area contributed by atoms with Crippen molar-refractivity contribution in [3.05, 3.63) is 42.5 Å². The van der Waals surface area contributed by atoms with E-state index in [1.165, 1.54) is 35.4 Å². The molecule has 0 saturated heterocycles. The van der Waals surface area contributed by atoms with Crippen LogP contribution in [0.5, 0.6) is 0 Å². The molecule has 2 aromatic rings. The van der Waals surface area contributed by atoms with Crippen LogP contribution < -0.4 is 4.46 Å². The molecule has 0 spiro atoms. The molecule has 84 valence electrons. The molecule has 0 aromatic heterocycles. The molecule has 0 N–H and O–H groups in total. The fraction of sp³-hybridized carbons (Fsp3) is 0.333. The van der Waals surface area contributed by atoms with Crippen molar-refractivity contribution in [2.75, 3.05) is 0 Å². The predicted octanol–water partition coefficient (Wildman–Crippen LogP) is 3.78. The minimum atomic E-state index is 0.666. The van der Waals surface area contributed by atoms with E-state index in [-0.39, 0.29) is 0 Å². The number of fused-ring (bicyclic) bond motifs is 1. The topological polar surface area (TPSA) is 0 Å². The van der Waals surface area contributed by atoms with Crippen molar-refractivity contribution in [1.29, 1.82) is 0 Å². The Balaban J connectivity index is 2.02. The van der Waals surface area contributed by atoms with Gasteiger partial charge in [0.05, 0.1) is 0 Å². The van der Waals surface area contributed by atoms with Gasteiger partial charge in [-0.1, -0.05) is 0 Å². The number of hydrogen-bond donors (Lipinski definition) is 0. The third-order valence-corrected chi connectivity index (χ3v) is 5.00. The Morgan fingerprint density at radius 1 is 0.938 bits per heavy atom. The van der Waals surface area contributed by atoms with Gasteiger partial charge in [-0.3, -0.25) is 0 Å². The van der Waals surface area contributed by atoms with Gasteiger partial charge in [0.1, 0.15) is 0 Å². The number of rotatable bonds is 5. The maximum atomic E-state index is 2.36. The second-order valence-electron chi connectivity index (χ2n) is 4.06. The molecule has 0 nitrogen and oxygen atoms in total. The summed E-state index contributed by atoms with van der Waals surface area (Å²) in [6.45, 7) is 2.27. The summed E-state index contributed by atoms with van der Waals surface area (Å²) in [5.41, 5.74) is 0. The van der Waals surface area contributed by atoms with Crippen LogP contribution >= 0.6 is 0 Å². The Kier molecular flexibility index (Phi) is 4.44. The van der Waals surface area contributed by atoms with Crippen molar-refractivity contribution in [3.8, 4) is 0 Å². The van der Waals surface area contributed by atoms with Crippen molar-refractivity contribution in [2.24, 2.45) is 0 Å². The van der Waals surface area contributed by atoms with E-state index in [0.29, 0.717) is 15.0 Å². The molecule has 0 aliphatic heterocycles. The Morgan fingerprint density at radius 3 is 2.56 bits per heavy atom. The third-order valence-electron chi connectivity index (χ3n) is 2.74. The van der Waals surface area contributed by atoms with Crippen LogP contribution in [0.3, 0.4) is 0 Å². The van der Waals surface area contributed by atoms with Gasteiger partial charge in [-0.15, -0.1) is 0 Å². The summed E-state index contributed by atoms with van der Waals surface area (Å²) < 4.78 is 1.54. The first kappa shape index (κ1) is 11.7. The van der Waals surface area contributed by atoms with Crippen molar-refractivity contribution in [3.63, 3.8) is 0 Å². The fourth-order valence-corrected chi connectivity index (χ4v) is 3.81. The molecule has 0 atom stereocenters. The van der Waals surface area contributed by atoms with Crippen LogP contribution in [-0.4, -0.2) is 15.0 Å². The van der Waals surface area contributed by atoms with Crippen LogP contribution in [0.2, 0.25) is 5.32 Å². The fourth-order valence-electron chi connectivity index (χ4n) is 1.80. The predicted molar refractivity (Wildman–Crippen MR) is 73.7 cm³/mol. The maximum absolute atomic E-state index is 2.36. The molecule has 0 heterocycles. The zero-order chi connectivity index (χ0) is 11.2. The average molecular weight is 277 g/mol. The molecule has 0 amide bonds. The van der Waals surface area contributed by atoms with Crippen molar-refractivity contribution in [2.45, 2.75) is 31.5 Å². The second kappa shape index (κ2) is 6.08. The molecule has 0 aliphatic carbocycles. The van der Waals surface area contributed by atoms with Crippen molar-refractivity contribution in [1.82, 2.24) is 0 Å². The van der Waals surface area contributed by atoms with E-state index in [1.54, 1.807) is 4.46 Å². The molecule has 0 aliphatic rings. The third kappa shape index (κ3) is 3.10. The quantitative estimate of drug-likeness (QED) is 0.576. The molecule has 0 unspecified atom stereocenters. The van der Waals surface area contributed by atoms with E-state index in [1.807, 2.05) is 0 Å². The summed E-state index contributed by atoms with van der Waals surface area (Å²) in [5, 5.41) is 4.13. The Hall–Kier alpha value is -0.781. The monoisotopic (exact) mass is 278 g/mol. The molecule has 16 heavy (non-hydrogen) atoms. The minimum absolute atomic E-state index is 0.666. The summed E-state index contributed by atoms with van der Waals surface area (Å²) >= 11 is 0.666. The first-order valence-electron chi connectivity index (χ1n) is 6.02. The van der Waals surface area contributed by atoms with E-state index in [9.17, 15) is 0 Å². The van der Waals surface area contributed by atoms with Crippen LogP contribution in [0.4, 0.5) is 0 Å². The number of hydrogen-bond acceptors (Lipinski definition) is 0. The van der Waals surface area contributed by atoms with E-state index in [4.69, 9.17) is 0 Å².